The highest BCUT2D eigenvalue weighted by Gasteiger charge is 2.15. The molecule has 0 N–H and O–H groups in total. The van der Waals surface area contributed by atoms with Gasteiger partial charge in [-0.2, -0.15) is 0 Å². The van der Waals surface area contributed by atoms with Crippen molar-refractivity contribution in [2.24, 2.45) is 0 Å². The lowest BCUT2D eigenvalue weighted by molar-refractivity contribution is 0.587. The van der Waals surface area contributed by atoms with Crippen molar-refractivity contribution in [3.8, 4) is 0 Å². The SMILES string of the molecule is CCCCN(c1cc(Br)nc(CC)n1)C(C)CC. The number of rotatable bonds is 7. The number of halogens is 1. The number of hydrogen-bond acceptors (Lipinski definition) is 3. The van der Waals surface area contributed by atoms with Gasteiger partial charge in [-0.05, 0) is 35.7 Å². The molecule has 0 saturated heterocycles. The molecule has 0 aliphatic heterocycles. The smallest absolute Gasteiger partial charge is 0.133 e. The molecule has 102 valence electrons. The molecule has 1 aromatic rings. The molecule has 1 heterocycles. The summed E-state index contributed by atoms with van der Waals surface area (Å²) < 4.78 is 0.883. The van der Waals surface area contributed by atoms with E-state index in [4.69, 9.17) is 0 Å². The minimum atomic E-state index is 0.517. The van der Waals surface area contributed by atoms with Gasteiger partial charge in [-0.15, -0.1) is 0 Å². The van der Waals surface area contributed by atoms with Gasteiger partial charge < -0.3 is 4.90 Å². The van der Waals surface area contributed by atoms with Crippen molar-refractivity contribution in [1.29, 1.82) is 0 Å². The Morgan fingerprint density at radius 1 is 1.28 bits per heavy atom. The number of anilines is 1. The minimum Gasteiger partial charge on any atom is -0.354 e. The van der Waals surface area contributed by atoms with Crippen LogP contribution in [0, 0.1) is 0 Å². The molecule has 18 heavy (non-hydrogen) atoms. The number of hydrogen-bond donors (Lipinski definition) is 0. The van der Waals surface area contributed by atoms with Crippen LogP contribution < -0.4 is 4.90 Å². The fraction of sp³-hybridized carbons (Fsp3) is 0.714. The third kappa shape index (κ3) is 4.23. The van der Waals surface area contributed by atoms with E-state index in [-0.39, 0.29) is 0 Å². The van der Waals surface area contributed by atoms with E-state index in [2.05, 4.69) is 58.5 Å². The van der Waals surface area contributed by atoms with Crippen molar-refractivity contribution in [3.63, 3.8) is 0 Å². The average molecular weight is 314 g/mol. The molecule has 0 aromatic carbocycles. The summed E-state index contributed by atoms with van der Waals surface area (Å²) in [6.45, 7) is 9.86. The third-order valence-electron chi connectivity index (χ3n) is 3.21. The fourth-order valence-electron chi connectivity index (χ4n) is 1.87. The minimum absolute atomic E-state index is 0.517. The molecule has 0 aliphatic carbocycles. The molecule has 1 rings (SSSR count). The Hall–Kier alpha value is -0.640. The van der Waals surface area contributed by atoms with Crippen molar-refractivity contribution >= 4 is 21.7 Å². The molecule has 0 spiro atoms. The highest BCUT2D eigenvalue weighted by Crippen LogP contribution is 2.20. The van der Waals surface area contributed by atoms with Crippen LogP contribution in [0.15, 0.2) is 10.7 Å². The summed E-state index contributed by atoms with van der Waals surface area (Å²) in [7, 11) is 0. The molecule has 0 saturated carbocycles. The van der Waals surface area contributed by atoms with E-state index in [9.17, 15) is 0 Å². The van der Waals surface area contributed by atoms with Crippen molar-refractivity contribution < 1.29 is 0 Å². The highest BCUT2D eigenvalue weighted by molar-refractivity contribution is 9.10. The predicted molar refractivity (Wildman–Crippen MR) is 81.1 cm³/mol. The first-order valence-electron chi connectivity index (χ1n) is 6.92. The highest BCUT2D eigenvalue weighted by atomic mass is 79.9. The second kappa shape index (κ2) is 7.72. The van der Waals surface area contributed by atoms with E-state index < -0.39 is 0 Å². The number of nitrogens with zero attached hydrogens (tertiary/aromatic N) is 3. The Kier molecular flexibility index (Phi) is 6.61. The van der Waals surface area contributed by atoms with E-state index in [0.29, 0.717) is 6.04 Å². The number of unbranched alkanes of at least 4 members (excludes halogenated alkanes) is 1. The Labute approximate surface area is 119 Å². The summed E-state index contributed by atoms with van der Waals surface area (Å²) in [5.41, 5.74) is 0. The van der Waals surface area contributed by atoms with Crippen LogP contribution in [0.2, 0.25) is 0 Å². The standard InChI is InChI=1S/C14H24BrN3/c1-5-8-9-18(11(4)6-2)14-10-12(15)16-13(7-3)17-14/h10-11H,5-9H2,1-4H3. The molecule has 0 bridgehead atoms. The zero-order valence-electron chi connectivity index (χ0n) is 11.9. The molecule has 4 heteroatoms. The summed E-state index contributed by atoms with van der Waals surface area (Å²) in [6.07, 6.45) is 4.41. The summed E-state index contributed by atoms with van der Waals surface area (Å²) in [5, 5.41) is 0. The number of aromatic nitrogens is 2. The maximum atomic E-state index is 4.66. The van der Waals surface area contributed by atoms with E-state index in [1.165, 1.54) is 12.8 Å². The van der Waals surface area contributed by atoms with E-state index in [1.54, 1.807) is 0 Å². The molecular weight excluding hydrogens is 290 g/mol. The second-order valence-corrected chi connectivity index (χ2v) is 5.44. The summed E-state index contributed by atoms with van der Waals surface area (Å²) >= 11 is 3.48. The molecule has 3 nitrogen and oxygen atoms in total. The van der Waals surface area contributed by atoms with Crippen LogP contribution in [0.25, 0.3) is 0 Å². The van der Waals surface area contributed by atoms with Crippen LogP contribution >= 0.6 is 15.9 Å². The van der Waals surface area contributed by atoms with Crippen molar-refractivity contribution in [1.82, 2.24) is 9.97 Å². The predicted octanol–water partition coefficient (Wildman–Crippen LogP) is 4.21. The summed E-state index contributed by atoms with van der Waals surface area (Å²) in [4.78, 5) is 11.4. The zero-order chi connectivity index (χ0) is 13.5. The van der Waals surface area contributed by atoms with E-state index in [0.717, 1.165) is 35.6 Å². The van der Waals surface area contributed by atoms with Crippen LogP contribution in [-0.2, 0) is 6.42 Å². The lowest BCUT2D eigenvalue weighted by Crippen LogP contribution is -2.34. The van der Waals surface area contributed by atoms with Gasteiger partial charge in [0.1, 0.15) is 16.2 Å². The average Bonchev–Trinajstić information content (AvgIpc) is 2.38. The monoisotopic (exact) mass is 313 g/mol. The first-order chi connectivity index (χ1) is 8.62. The lowest BCUT2D eigenvalue weighted by atomic mass is 10.2. The molecule has 0 fully saturated rings. The third-order valence-corrected chi connectivity index (χ3v) is 3.62. The van der Waals surface area contributed by atoms with Crippen LogP contribution in [0.1, 0.15) is 52.8 Å². The Morgan fingerprint density at radius 2 is 2.00 bits per heavy atom. The largest absolute Gasteiger partial charge is 0.354 e. The van der Waals surface area contributed by atoms with Gasteiger partial charge in [-0.25, -0.2) is 9.97 Å². The first kappa shape index (κ1) is 15.4. The van der Waals surface area contributed by atoms with Gasteiger partial charge in [0.05, 0.1) is 0 Å². The van der Waals surface area contributed by atoms with E-state index >= 15 is 0 Å². The van der Waals surface area contributed by atoms with Crippen LogP contribution in [-0.4, -0.2) is 22.6 Å². The Morgan fingerprint density at radius 3 is 2.56 bits per heavy atom. The van der Waals surface area contributed by atoms with Gasteiger partial charge >= 0.3 is 0 Å². The van der Waals surface area contributed by atoms with E-state index in [1.807, 2.05) is 6.07 Å². The molecule has 0 radical (unpaired) electrons. The van der Waals surface area contributed by atoms with Crippen LogP contribution in [0.5, 0.6) is 0 Å². The van der Waals surface area contributed by atoms with Gasteiger partial charge in [0.15, 0.2) is 0 Å². The molecule has 1 aromatic heterocycles. The fourth-order valence-corrected chi connectivity index (χ4v) is 2.28. The Bertz CT molecular complexity index is 368. The second-order valence-electron chi connectivity index (χ2n) is 4.62. The molecule has 0 aliphatic rings. The first-order valence-corrected chi connectivity index (χ1v) is 7.71. The zero-order valence-corrected chi connectivity index (χ0v) is 13.5. The van der Waals surface area contributed by atoms with Crippen molar-refractivity contribution in [2.75, 3.05) is 11.4 Å². The van der Waals surface area contributed by atoms with Gasteiger partial charge in [0.2, 0.25) is 0 Å². The van der Waals surface area contributed by atoms with Crippen LogP contribution in [0.4, 0.5) is 5.82 Å². The number of aryl methyl sites for hydroxylation is 1. The maximum Gasteiger partial charge on any atom is 0.133 e. The van der Waals surface area contributed by atoms with Crippen molar-refractivity contribution in [2.45, 2.75) is 59.4 Å². The quantitative estimate of drug-likeness (QED) is 0.706. The Balaban J connectivity index is 2.99. The van der Waals surface area contributed by atoms with Gasteiger partial charge in [0, 0.05) is 25.1 Å². The van der Waals surface area contributed by atoms with Crippen molar-refractivity contribution in [3.05, 3.63) is 16.5 Å². The molecule has 1 unspecified atom stereocenters. The summed E-state index contributed by atoms with van der Waals surface area (Å²) in [5.74, 6) is 1.96. The molecule has 0 amide bonds. The van der Waals surface area contributed by atoms with Gasteiger partial charge in [-0.1, -0.05) is 27.2 Å². The normalized spacial score (nSPS) is 12.5. The van der Waals surface area contributed by atoms with Crippen LogP contribution in [0.3, 0.4) is 0 Å². The topological polar surface area (TPSA) is 29.0 Å². The van der Waals surface area contributed by atoms with Gasteiger partial charge in [0.25, 0.3) is 0 Å². The molecular formula is C14H24BrN3. The van der Waals surface area contributed by atoms with Gasteiger partial charge in [-0.3, -0.25) is 0 Å². The molecule has 1 atom stereocenters. The summed E-state index contributed by atoms with van der Waals surface area (Å²) in [6, 6.07) is 2.55. The maximum absolute atomic E-state index is 4.66. The lowest BCUT2D eigenvalue weighted by Gasteiger charge is -2.30.